The fourth-order valence-corrected chi connectivity index (χ4v) is 6.99. The van der Waals surface area contributed by atoms with E-state index in [0.29, 0.717) is 25.4 Å². The molecule has 1 saturated carbocycles. The lowest BCUT2D eigenvalue weighted by atomic mass is 9.98. The maximum Gasteiger partial charge on any atom is 0.268 e. The number of hydrogen-bond donors (Lipinski definition) is 2. The van der Waals surface area contributed by atoms with Crippen LogP contribution in [0.5, 0.6) is 0 Å². The summed E-state index contributed by atoms with van der Waals surface area (Å²) in [5.74, 6) is -0.645. The van der Waals surface area contributed by atoms with Gasteiger partial charge in [-0.05, 0) is 81.8 Å². The number of amides is 1. The number of morpholine rings is 1. The molecular formula is C36H42FN9O2. The molecule has 0 radical (unpaired) electrons. The average Bonchev–Trinajstić information content (AvgIpc) is 3.81. The van der Waals surface area contributed by atoms with E-state index in [1.807, 2.05) is 44.2 Å². The van der Waals surface area contributed by atoms with Gasteiger partial charge in [0.1, 0.15) is 11.6 Å². The highest BCUT2D eigenvalue weighted by atomic mass is 19.1. The first-order chi connectivity index (χ1) is 23.1. The summed E-state index contributed by atoms with van der Waals surface area (Å²) in [5, 5.41) is 16.4. The molecule has 250 valence electrons. The fraction of sp³-hybridized carbons (Fsp3) is 0.444. The quantitative estimate of drug-likeness (QED) is 0.260. The summed E-state index contributed by atoms with van der Waals surface area (Å²) < 4.78 is 20.5. The molecule has 0 bridgehead atoms. The Morgan fingerprint density at radius 3 is 2.42 bits per heavy atom. The number of halogens is 1. The van der Waals surface area contributed by atoms with Crippen LogP contribution in [0.3, 0.4) is 0 Å². The SMILES string of the molecule is CN1CCN(c2ccc(Nc3ncc(F)c(Nc4ccc5c(c4)N(C(=O)C(C#N)=CC(C)(C)N4CCOCC4)CC54CC4)n3)cc2)CC1. The number of nitrogens with one attached hydrogen (secondary N) is 2. The van der Waals surface area contributed by atoms with Crippen LogP contribution in [0.4, 0.5) is 38.9 Å². The van der Waals surface area contributed by atoms with E-state index in [9.17, 15) is 10.1 Å². The van der Waals surface area contributed by atoms with Crippen molar-refractivity contribution < 1.29 is 13.9 Å². The number of aromatic nitrogens is 2. The number of rotatable bonds is 8. The van der Waals surface area contributed by atoms with Gasteiger partial charge in [0.05, 0.1) is 19.4 Å². The second kappa shape index (κ2) is 12.8. The largest absolute Gasteiger partial charge is 0.379 e. The van der Waals surface area contributed by atoms with Crippen LogP contribution in [0, 0.1) is 17.1 Å². The van der Waals surface area contributed by atoms with Crippen molar-refractivity contribution >= 4 is 40.4 Å². The summed E-state index contributed by atoms with van der Waals surface area (Å²) in [6, 6.07) is 16.0. The molecule has 11 nitrogen and oxygen atoms in total. The third kappa shape index (κ3) is 6.45. The molecule has 2 N–H and O–H groups in total. The topological polar surface area (TPSA) is 113 Å². The lowest BCUT2D eigenvalue weighted by Crippen LogP contribution is -2.49. The van der Waals surface area contributed by atoms with Crippen molar-refractivity contribution in [2.75, 3.05) is 86.5 Å². The van der Waals surface area contributed by atoms with Crippen molar-refractivity contribution in [1.82, 2.24) is 19.8 Å². The van der Waals surface area contributed by atoms with E-state index in [4.69, 9.17) is 4.74 Å². The Bertz CT molecular complexity index is 1750. The van der Waals surface area contributed by atoms with E-state index in [-0.39, 0.29) is 28.7 Å². The van der Waals surface area contributed by atoms with Crippen LogP contribution in [-0.4, -0.2) is 97.3 Å². The molecular weight excluding hydrogens is 609 g/mol. The molecule has 0 atom stereocenters. The van der Waals surface area contributed by atoms with Crippen LogP contribution in [-0.2, 0) is 14.9 Å². The van der Waals surface area contributed by atoms with E-state index < -0.39 is 11.4 Å². The zero-order valence-electron chi connectivity index (χ0n) is 27.8. The van der Waals surface area contributed by atoms with Crippen LogP contribution in [0.2, 0.25) is 0 Å². The number of anilines is 6. The molecule has 1 aliphatic carbocycles. The highest BCUT2D eigenvalue weighted by Crippen LogP contribution is 2.57. The average molecular weight is 652 g/mol. The van der Waals surface area contributed by atoms with E-state index in [2.05, 4.69) is 60.6 Å². The zero-order valence-corrected chi connectivity index (χ0v) is 27.8. The number of benzene rings is 2. The minimum absolute atomic E-state index is 0.0170. The number of piperazine rings is 1. The van der Waals surface area contributed by atoms with Gasteiger partial charge in [0.15, 0.2) is 11.6 Å². The Morgan fingerprint density at radius 2 is 1.73 bits per heavy atom. The van der Waals surface area contributed by atoms with E-state index in [1.54, 1.807) is 11.0 Å². The van der Waals surface area contributed by atoms with Gasteiger partial charge >= 0.3 is 0 Å². The third-order valence-corrected chi connectivity index (χ3v) is 10.1. The maximum absolute atomic E-state index is 15.0. The van der Waals surface area contributed by atoms with Crippen LogP contribution in [0.15, 0.2) is 60.3 Å². The number of carbonyl (C=O) groups excluding carboxylic acids is 1. The second-order valence-electron chi connectivity index (χ2n) is 13.8. The third-order valence-electron chi connectivity index (χ3n) is 10.1. The normalized spacial score (nSPS) is 19.6. The number of likely N-dealkylation sites (N-methyl/N-ethyl adjacent to an activating group) is 1. The van der Waals surface area contributed by atoms with Gasteiger partial charge < -0.3 is 30.1 Å². The molecule has 12 heteroatoms. The van der Waals surface area contributed by atoms with Crippen molar-refractivity contribution in [2.24, 2.45) is 0 Å². The lowest BCUT2D eigenvalue weighted by molar-refractivity contribution is -0.114. The van der Waals surface area contributed by atoms with Gasteiger partial charge in [-0.1, -0.05) is 6.07 Å². The summed E-state index contributed by atoms with van der Waals surface area (Å²) in [4.78, 5) is 31.2. The van der Waals surface area contributed by atoms with E-state index >= 15 is 4.39 Å². The molecule has 3 aliphatic heterocycles. The number of hydrogen-bond acceptors (Lipinski definition) is 10. The molecule has 2 saturated heterocycles. The van der Waals surface area contributed by atoms with E-state index in [0.717, 1.165) is 80.9 Å². The monoisotopic (exact) mass is 651 g/mol. The lowest BCUT2D eigenvalue weighted by Gasteiger charge is -2.39. The summed E-state index contributed by atoms with van der Waals surface area (Å²) in [5.41, 5.74) is 3.88. The van der Waals surface area contributed by atoms with Crippen molar-refractivity contribution in [3.05, 3.63) is 71.7 Å². The molecule has 7 rings (SSSR count). The van der Waals surface area contributed by atoms with Gasteiger partial charge in [-0.15, -0.1) is 0 Å². The molecule has 1 amide bonds. The minimum atomic E-state index is -0.599. The summed E-state index contributed by atoms with van der Waals surface area (Å²) in [6.07, 6.45) is 4.88. The molecule has 3 aromatic rings. The zero-order chi connectivity index (χ0) is 33.5. The number of nitrogens with zero attached hydrogens (tertiary/aromatic N) is 7. The molecule has 48 heavy (non-hydrogen) atoms. The van der Waals surface area contributed by atoms with Gasteiger partial charge in [0.25, 0.3) is 5.91 Å². The predicted octanol–water partition coefficient (Wildman–Crippen LogP) is 4.79. The first kappa shape index (κ1) is 32.0. The smallest absolute Gasteiger partial charge is 0.268 e. The fourth-order valence-electron chi connectivity index (χ4n) is 6.99. The Labute approximate surface area is 281 Å². The summed E-state index contributed by atoms with van der Waals surface area (Å²) >= 11 is 0. The van der Waals surface area contributed by atoms with Gasteiger partial charge in [-0.25, -0.2) is 9.37 Å². The number of ether oxygens (including phenoxy) is 1. The highest BCUT2D eigenvalue weighted by Gasteiger charge is 2.53. The standard InChI is InChI=1S/C36H42FN9O2/c1-35(2,45-16-18-48-19-17-45)21-25(22-38)33(47)46-24-36(10-11-36)29-9-6-27(20-31(29)46)40-32-30(37)23-39-34(42-32)41-26-4-7-28(8-5-26)44-14-12-43(3)13-15-44/h4-9,20-21,23H,10-19,24H2,1-3H3,(H2,39,40,41,42). The van der Waals surface area contributed by atoms with Gasteiger partial charge in [0, 0.05) is 79.5 Å². The molecule has 2 aromatic carbocycles. The second-order valence-corrected chi connectivity index (χ2v) is 13.8. The number of nitriles is 1. The van der Waals surface area contributed by atoms with Gasteiger partial charge in [-0.3, -0.25) is 9.69 Å². The van der Waals surface area contributed by atoms with Gasteiger partial charge in [0.2, 0.25) is 5.95 Å². The van der Waals surface area contributed by atoms with Crippen LogP contribution < -0.4 is 20.4 Å². The summed E-state index contributed by atoms with van der Waals surface area (Å²) in [7, 11) is 2.14. The maximum atomic E-state index is 15.0. The first-order valence-corrected chi connectivity index (χ1v) is 16.7. The molecule has 4 aliphatic rings. The summed E-state index contributed by atoms with van der Waals surface area (Å²) in [6.45, 7) is 11.3. The van der Waals surface area contributed by atoms with Crippen molar-refractivity contribution in [1.29, 1.82) is 5.26 Å². The number of carbonyl (C=O) groups is 1. The Kier molecular flexibility index (Phi) is 8.53. The van der Waals surface area contributed by atoms with Gasteiger partial charge in [-0.2, -0.15) is 10.2 Å². The van der Waals surface area contributed by atoms with Crippen molar-refractivity contribution in [3.8, 4) is 6.07 Å². The first-order valence-electron chi connectivity index (χ1n) is 16.7. The molecule has 0 unspecified atom stereocenters. The molecule has 3 fully saturated rings. The Morgan fingerprint density at radius 1 is 1.02 bits per heavy atom. The van der Waals surface area contributed by atoms with Crippen LogP contribution in [0.25, 0.3) is 0 Å². The van der Waals surface area contributed by atoms with Crippen LogP contribution in [0.1, 0.15) is 32.3 Å². The van der Waals surface area contributed by atoms with Crippen molar-refractivity contribution in [2.45, 2.75) is 37.6 Å². The predicted molar refractivity (Wildman–Crippen MR) is 185 cm³/mol. The molecule has 1 aromatic heterocycles. The Hall–Kier alpha value is -4.57. The molecule has 4 heterocycles. The van der Waals surface area contributed by atoms with Crippen molar-refractivity contribution in [3.63, 3.8) is 0 Å². The molecule has 1 spiro atoms. The Balaban J connectivity index is 1.08. The number of fused-ring (bicyclic) bond motifs is 2. The van der Waals surface area contributed by atoms with Crippen LogP contribution >= 0.6 is 0 Å². The minimum Gasteiger partial charge on any atom is -0.379 e. The van der Waals surface area contributed by atoms with E-state index in [1.165, 1.54) is 0 Å². The highest BCUT2D eigenvalue weighted by molar-refractivity contribution is 6.10.